The highest BCUT2D eigenvalue weighted by molar-refractivity contribution is 5.57. The minimum atomic E-state index is 0.418. The topological polar surface area (TPSA) is 58.5 Å². The Balaban J connectivity index is 1.64. The number of ether oxygens (including phenoxy) is 4. The summed E-state index contributed by atoms with van der Waals surface area (Å²) >= 11 is 0. The summed E-state index contributed by atoms with van der Waals surface area (Å²) in [6, 6.07) is 12.0. The second kappa shape index (κ2) is 14.9. The van der Waals surface area contributed by atoms with Gasteiger partial charge in [-0.2, -0.15) is 0 Å². The summed E-state index contributed by atoms with van der Waals surface area (Å²) in [4.78, 5) is 4.58. The van der Waals surface area contributed by atoms with Gasteiger partial charge in [0.15, 0.2) is 0 Å². The highest BCUT2D eigenvalue weighted by atomic mass is 16.6. The van der Waals surface area contributed by atoms with Crippen LogP contribution in [0.2, 0.25) is 0 Å². The Morgan fingerprint density at radius 2 is 1.53 bits per heavy atom. The van der Waals surface area contributed by atoms with Crippen molar-refractivity contribution >= 4 is 6.21 Å². The summed E-state index contributed by atoms with van der Waals surface area (Å²) in [5.74, 6) is 2.67. The lowest BCUT2D eigenvalue weighted by atomic mass is 10.1. The monoisotopic (exact) mass is 441 g/mol. The first-order valence-corrected chi connectivity index (χ1v) is 11.0. The average molecular weight is 442 g/mol. The quantitative estimate of drug-likeness (QED) is 0.155. The van der Waals surface area contributed by atoms with Gasteiger partial charge in [-0.1, -0.05) is 29.4 Å². The van der Waals surface area contributed by atoms with Crippen LogP contribution in [0.25, 0.3) is 0 Å². The fourth-order valence-corrected chi connectivity index (χ4v) is 3.05. The summed E-state index contributed by atoms with van der Waals surface area (Å²) in [5, 5.41) is 3.63. The van der Waals surface area contributed by atoms with Crippen molar-refractivity contribution in [1.82, 2.24) is 0 Å². The minimum Gasteiger partial charge on any atom is -0.494 e. The van der Waals surface area contributed by atoms with E-state index >= 15 is 0 Å². The van der Waals surface area contributed by atoms with Gasteiger partial charge in [0.05, 0.1) is 32.6 Å². The zero-order valence-corrected chi connectivity index (χ0v) is 19.6. The molecule has 6 heteroatoms. The van der Waals surface area contributed by atoms with Gasteiger partial charge in [-0.3, -0.25) is 0 Å². The van der Waals surface area contributed by atoms with Crippen LogP contribution in [0.5, 0.6) is 17.2 Å². The summed E-state index contributed by atoms with van der Waals surface area (Å²) in [6.07, 6.45) is 7.40. The highest BCUT2D eigenvalue weighted by Crippen LogP contribution is 2.28. The smallest absolute Gasteiger partial charge is 0.125 e. The van der Waals surface area contributed by atoms with Gasteiger partial charge in [0.25, 0.3) is 0 Å². The minimum absolute atomic E-state index is 0.418. The van der Waals surface area contributed by atoms with E-state index in [1.54, 1.807) is 6.21 Å². The molecule has 174 valence electrons. The van der Waals surface area contributed by atoms with Crippen LogP contribution in [-0.2, 0) is 16.2 Å². The Bertz CT molecular complexity index is 823. The number of hydrogen-bond donors (Lipinski definition) is 0. The van der Waals surface area contributed by atoms with Crippen LogP contribution in [0.4, 0.5) is 0 Å². The van der Waals surface area contributed by atoms with Crippen molar-refractivity contribution in [3.8, 4) is 17.2 Å². The third-order valence-corrected chi connectivity index (χ3v) is 4.63. The first-order valence-electron chi connectivity index (χ1n) is 11.0. The Morgan fingerprint density at radius 3 is 2.19 bits per heavy atom. The van der Waals surface area contributed by atoms with Crippen LogP contribution in [0.1, 0.15) is 36.5 Å². The molecule has 32 heavy (non-hydrogen) atoms. The standard InChI is InChI=1S/C26H35NO5/c1-5-6-14-31-25-18-21(2)26(22(3)19-25)32-16-8-7-15-30-24-11-9-23(10-12-24)20-29-17-13-27-28-4/h5-6,9-13,18-19H,7-8,14-17,20H2,1-4H3/b6-5+,27-13+. The molecule has 0 spiro atoms. The van der Waals surface area contributed by atoms with Gasteiger partial charge in [-0.05, 0) is 74.6 Å². The van der Waals surface area contributed by atoms with Crippen molar-refractivity contribution in [3.05, 3.63) is 65.2 Å². The lowest BCUT2D eigenvalue weighted by Gasteiger charge is -2.14. The summed E-state index contributed by atoms with van der Waals surface area (Å²) in [5.41, 5.74) is 3.26. The van der Waals surface area contributed by atoms with E-state index in [9.17, 15) is 0 Å². The number of oxime groups is 1. The molecule has 0 aliphatic carbocycles. The molecule has 0 atom stereocenters. The molecule has 0 amide bonds. The molecule has 0 N–H and O–H groups in total. The molecule has 0 aliphatic heterocycles. The van der Waals surface area contributed by atoms with Gasteiger partial charge in [0, 0.05) is 0 Å². The largest absolute Gasteiger partial charge is 0.494 e. The molecule has 0 unspecified atom stereocenters. The maximum atomic E-state index is 6.02. The predicted molar refractivity (Wildman–Crippen MR) is 128 cm³/mol. The molecule has 0 heterocycles. The molecule has 0 radical (unpaired) electrons. The molecule has 0 bridgehead atoms. The van der Waals surface area contributed by atoms with Crippen molar-refractivity contribution in [2.24, 2.45) is 5.16 Å². The Morgan fingerprint density at radius 1 is 0.844 bits per heavy atom. The first kappa shape index (κ1) is 25.3. The van der Waals surface area contributed by atoms with Crippen LogP contribution in [-0.4, -0.2) is 39.8 Å². The molecule has 0 fully saturated rings. The average Bonchev–Trinajstić information content (AvgIpc) is 2.78. The van der Waals surface area contributed by atoms with Crippen molar-refractivity contribution in [1.29, 1.82) is 0 Å². The molecule has 0 aromatic heterocycles. The first-order chi connectivity index (χ1) is 15.6. The predicted octanol–water partition coefficient (Wildman–Crippen LogP) is 5.65. The molecule has 0 saturated carbocycles. The summed E-state index contributed by atoms with van der Waals surface area (Å²) in [7, 11) is 1.51. The van der Waals surface area contributed by atoms with Crippen LogP contribution in [0.3, 0.4) is 0 Å². The van der Waals surface area contributed by atoms with Gasteiger partial charge in [0.1, 0.15) is 31.0 Å². The Kier molecular flexibility index (Phi) is 11.8. The third kappa shape index (κ3) is 9.43. The molecule has 0 saturated heterocycles. The normalized spacial score (nSPS) is 11.2. The highest BCUT2D eigenvalue weighted by Gasteiger charge is 2.07. The fourth-order valence-electron chi connectivity index (χ4n) is 3.05. The zero-order valence-electron chi connectivity index (χ0n) is 19.6. The van der Waals surface area contributed by atoms with Crippen LogP contribution < -0.4 is 14.2 Å². The van der Waals surface area contributed by atoms with Crippen LogP contribution in [0.15, 0.2) is 53.7 Å². The summed E-state index contributed by atoms with van der Waals surface area (Å²) in [6.45, 7) is 8.92. The summed E-state index contributed by atoms with van der Waals surface area (Å²) < 4.78 is 23.0. The van der Waals surface area contributed by atoms with Crippen LogP contribution >= 0.6 is 0 Å². The number of nitrogens with zero attached hydrogens (tertiary/aromatic N) is 1. The fraction of sp³-hybridized carbons (Fsp3) is 0.423. The SMILES string of the molecule is C/C=C/COc1cc(C)c(OCCCCOc2ccc(COC/C=N/OC)cc2)c(C)c1. The Labute approximate surface area is 191 Å². The molecular weight excluding hydrogens is 406 g/mol. The van der Waals surface area contributed by atoms with Crippen molar-refractivity contribution in [3.63, 3.8) is 0 Å². The van der Waals surface area contributed by atoms with E-state index in [1.807, 2.05) is 55.5 Å². The van der Waals surface area contributed by atoms with Gasteiger partial charge in [0.2, 0.25) is 0 Å². The maximum absolute atomic E-state index is 6.02. The molecular formula is C26H35NO5. The number of hydrogen-bond acceptors (Lipinski definition) is 6. The second-order valence-corrected chi connectivity index (χ2v) is 7.30. The molecule has 6 nitrogen and oxygen atoms in total. The van der Waals surface area contributed by atoms with E-state index in [1.165, 1.54) is 7.11 Å². The van der Waals surface area contributed by atoms with Gasteiger partial charge >= 0.3 is 0 Å². The van der Waals surface area contributed by atoms with E-state index in [0.717, 1.165) is 46.8 Å². The van der Waals surface area contributed by atoms with Crippen molar-refractivity contribution < 1.29 is 23.8 Å². The Hall–Kier alpha value is -2.99. The number of benzene rings is 2. The molecule has 2 aromatic rings. The van der Waals surface area contributed by atoms with Gasteiger partial charge < -0.3 is 23.8 Å². The molecule has 2 rings (SSSR count). The number of unbranched alkanes of at least 4 members (excludes halogenated alkanes) is 1. The number of allylic oxidation sites excluding steroid dienone is 1. The lowest BCUT2D eigenvalue weighted by Crippen LogP contribution is -2.05. The van der Waals surface area contributed by atoms with E-state index in [-0.39, 0.29) is 0 Å². The molecule has 0 aliphatic rings. The van der Waals surface area contributed by atoms with E-state index < -0.39 is 0 Å². The molecule has 2 aromatic carbocycles. The van der Waals surface area contributed by atoms with Crippen molar-refractivity contribution in [2.45, 2.75) is 40.2 Å². The third-order valence-electron chi connectivity index (χ3n) is 4.63. The van der Waals surface area contributed by atoms with Gasteiger partial charge in [-0.25, -0.2) is 0 Å². The maximum Gasteiger partial charge on any atom is 0.125 e. The van der Waals surface area contributed by atoms with Gasteiger partial charge in [-0.15, -0.1) is 0 Å². The second-order valence-electron chi connectivity index (χ2n) is 7.30. The number of aryl methyl sites for hydroxylation is 2. The number of rotatable bonds is 15. The van der Waals surface area contributed by atoms with E-state index in [0.29, 0.717) is 33.0 Å². The van der Waals surface area contributed by atoms with E-state index in [4.69, 9.17) is 18.9 Å². The lowest BCUT2D eigenvalue weighted by molar-refractivity contribution is 0.154. The van der Waals surface area contributed by atoms with E-state index in [2.05, 4.69) is 23.8 Å². The van der Waals surface area contributed by atoms with Crippen LogP contribution in [0, 0.1) is 13.8 Å². The zero-order chi connectivity index (χ0) is 23.0. The van der Waals surface area contributed by atoms with Crippen molar-refractivity contribution in [2.75, 3.05) is 33.5 Å².